The van der Waals surface area contributed by atoms with Gasteiger partial charge in [-0.05, 0) is 56.2 Å². The Kier molecular flexibility index (Phi) is 12.6. The minimum Gasteiger partial charge on any atom is -0.494 e. The van der Waals surface area contributed by atoms with Crippen molar-refractivity contribution in [3.8, 4) is 11.5 Å². The van der Waals surface area contributed by atoms with E-state index in [0.717, 1.165) is 25.0 Å². The van der Waals surface area contributed by atoms with Gasteiger partial charge in [0.2, 0.25) is 0 Å². The molecular weight excluding hydrogens is 416 g/mol. The van der Waals surface area contributed by atoms with Crippen molar-refractivity contribution in [1.29, 1.82) is 0 Å². The standard InChI is InChI=1S/C28H40O5/c1-4-6-8-10-12-22(3)32-27(29)23-15-19-26(20-16-23)33-28(30)24-13-17-25(18-14-24)31-21-11-9-7-5-2/h13-20,22,27,29H,4-12,21H2,1-3H3. The summed E-state index contributed by atoms with van der Waals surface area (Å²) in [7, 11) is 0. The molecule has 0 saturated heterocycles. The van der Waals surface area contributed by atoms with Gasteiger partial charge in [0.05, 0.1) is 18.3 Å². The van der Waals surface area contributed by atoms with E-state index in [4.69, 9.17) is 14.2 Å². The van der Waals surface area contributed by atoms with Gasteiger partial charge in [-0.25, -0.2) is 4.79 Å². The van der Waals surface area contributed by atoms with Crippen molar-refractivity contribution in [2.45, 2.75) is 91.0 Å². The van der Waals surface area contributed by atoms with E-state index in [-0.39, 0.29) is 6.10 Å². The van der Waals surface area contributed by atoms with Crippen LogP contribution >= 0.6 is 0 Å². The van der Waals surface area contributed by atoms with E-state index in [0.29, 0.717) is 23.5 Å². The molecular formula is C28H40O5. The molecule has 0 heterocycles. The number of hydrogen-bond donors (Lipinski definition) is 1. The molecule has 0 aliphatic heterocycles. The van der Waals surface area contributed by atoms with Crippen LogP contribution in [0.2, 0.25) is 0 Å². The molecule has 0 aliphatic carbocycles. The van der Waals surface area contributed by atoms with E-state index >= 15 is 0 Å². The minimum atomic E-state index is -0.995. The molecule has 1 N–H and O–H groups in total. The van der Waals surface area contributed by atoms with Gasteiger partial charge in [-0.1, -0.05) is 70.9 Å². The van der Waals surface area contributed by atoms with Gasteiger partial charge in [0, 0.05) is 5.56 Å². The highest BCUT2D eigenvalue weighted by atomic mass is 16.6. The number of carbonyl (C=O) groups excluding carboxylic acids is 1. The third-order valence-corrected chi connectivity index (χ3v) is 5.56. The Morgan fingerprint density at radius 3 is 2.06 bits per heavy atom. The maximum absolute atomic E-state index is 12.4. The fraction of sp³-hybridized carbons (Fsp3) is 0.536. The van der Waals surface area contributed by atoms with Gasteiger partial charge in [0.1, 0.15) is 11.5 Å². The second-order valence-corrected chi connectivity index (χ2v) is 8.54. The maximum atomic E-state index is 12.4. The van der Waals surface area contributed by atoms with Gasteiger partial charge in [0.15, 0.2) is 6.29 Å². The maximum Gasteiger partial charge on any atom is 0.343 e. The van der Waals surface area contributed by atoms with Gasteiger partial charge in [-0.15, -0.1) is 0 Å². The number of ether oxygens (including phenoxy) is 3. The normalized spacial score (nSPS) is 12.8. The summed E-state index contributed by atoms with van der Waals surface area (Å²) in [6.07, 6.45) is 9.26. The Hall–Kier alpha value is -2.37. The average Bonchev–Trinajstić information content (AvgIpc) is 2.82. The lowest BCUT2D eigenvalue weighted by molar-refractivity contribution is -0.136. The van der Waals surface area contributed by atoms with Crippen LogP contribution in [-0.2, 0) is 4.74 Å². The van der Waals surface area contributed by atoms with E-state index < -0.39 is 12.3 Å². The van der Waals surface area contributed by atoms with Gasteiger partial charge >= 0.3 is 5.97 Å². The Morgan fingerprint density at radius 2 is 1.42 bits per heavy atom. The summed E-state index contributed by atoms with van der Waals surface area (Å²) in [5, 5.41) is 10.3. The monoisotopic (exact) mass is 456 g/mol. The Balaban J connectivity index is 1.78. The summed E-state index contributed by atoms with van der Waals surface area (Å²) in [6, 6.07) is 13.8. The van der Waals surface area contributed by atoms with Crippen molar-refractivity contribution in [3.63, 3.8) is 0 Å². The van der Waals surface area contributed by atoms with Gasteiger partial charge in [-0.3, -0.25) is 0 Å². The molecule has 2 aromatic rings. The molecule has 0 bridgehead atoms. The zero-order valence-electron chi connectivity index (χ0n) is 20.4. The van der Waals surface area contributed by atoms with E-state index in [9.17, 15) is 9.90 Å². The molecule has 0 aliphatic rings. The first-order valence-corrected chi connectivity index (χ1v) is 12.4. The molecule has 0 aromatic heterocycles. The summed E-state index contributed by atoms with van der Waals surface area (Å²) in [4.78, 5) is 12.4. The van der Waals surface area contributed by atoms with Gasteiger partial charge < -0.3 is 19.3 Å². The SMILES string of the molecule is CCCCCCOc1ccc(C(=O)Oc2ccc(C(O)OC(C)CCCCCC)cc2)cc1. The first-order chi connectivity index (χ1) is 16.0. The van der Waals surface area contributed by atoms with Gasteiger partial charge in [-0.2, -0.15) is 0 Å². The fourth-order valence-electron chi connectivity index (χ4n) is 3.50. The summed E-state index contributed by atoms with van der Waals surface area (Å²) in [6.45, 7) is 7.03. The molecule has 33 heavy (non-hydrogen) atoms. The molecule has 2 rings (SSSR count). The van der Waals surface area contributed by atoms with Crippen molar-refractivity contribution in [3.05, 3.63) is 59.7 Å². The van der Waals surface area contributed by atoms with Crippen LogP contribution in [0.5, 0.6) is 11.5 Å². The molecule has 2 unspecified atom stereocenters. The number of unbranched alkanes of at least 4 members (excludes halogenated alkanes) is 6. The second kappa shape index (κ2) is 15.5. The average molecular weight is 457 g/mol. The Bertz CT molecular complexity index is 785. The van der Waals surface area contributed by atoms with Crippen LogP contribution in [-0.4, -0.2) is 23.8 Å². The number of benzene rings is 2. The van der Waals surface area contributed by atoms with Crippen molar-refractivity contribution in [2.24, 2.45) is 0 Å². The predicted octanol–water partition coefficient (Wildman–Crippen LogP) is 7.23. The lowest BCUT2D eigenvalue weighted by Gasteiger charge is -2.18. The first kappa shape index (κ1) is 26.9. The van der Waals surface area contributed by atoms with Crippen LogP contribution in [0, 0.1) is 0 Å². The van der Waals surface area contributed by atoms with Crippen molar-refractivity contribution >= 4 is 5.97 Å². The van der Waals surface area contributed by atoms with E-state index in [1.165, 1.54) is 38.5 Å². The number of aliphatic hydroxyl groups is 1. The third-order valence-electron chi connectivity index (χ3n) is 5.56. The molecule has 0 fully saturated rings. The Morgan fingerprint density at radius 1 is 0.818 bits per heavy atom. The summed E-state index contributed by atoms with van der Waals surface area (Å²) in [5.74, 6) is 0.732. The van der Waals surface area contributed by atoms with Crippen LogP contribution in [0.1, 0.15) is 101 Å². The van der Waals surface area contributed by atoms with Gasteiger partial charge in [0.25, 0.3) is 0 Å². The lowest BCUT2D eigenvalue weighted by Crippen LogP contribution is -2.13. The smallest absolute Gasteiger partial charge is 0.343 e. The molecule has 5 heteroatoms. The topological polar surface area (TPSA) is 65.0 Å². The lowest BCUT2D eigenvalue weighted by atomic mass is 10.1. The van der Waals surface area contributed by atoms with Crippen molar-refractivity contribution in [2.75, 3.05) is 6.61 Å². The zero-order chi connectivity index (χ0) is 23.9. The summed E-state index contributed by atoms with van der Waals surface area (Å²) in [5.41, 5.74) is 1.09. The first-order valence-electron chi connectivity index (χ1n) is 12.4. The molecule has 0 spiro atoms. The largest absolute Gasteiger partial charge is 0.494 e. The molecule has 0 amide bonds. The van der Waals surface area contributed by atoms with Crippen LogP contribution in [0.15, 0.2) is 48.5 Å². The Labute approximate surface area is 199 Å². The van der Waals surface area contributed by atoms with E-state index in [1.807, 2.05) is 6.92 Å². The summed E-state index contributed by atoms with van der Waals surface area (Å²) >= 11 is 0. The van der Waals surface area contributed by atoms with Crippen LogP contribution < -0.4 is 9.47 Å². The zero-order valence-corrected chi connectivity index (χ0v) is 20.4. The highest BCUT2D eigenvalue weighted by molar-refractivity contribution is 5.91. The highest BCUT2D eigenvalue weighted by Gasteiger charge is 2.14. The van der Waals surface area contributed by atoms with Crippen LogP contribution in [0.4, 0.5) is 0 Å². The number of aliphatic hydroxyl groups excluding tert-OH is 1. The number of carbonyl (C=O) groups is 1. The number of hydrogen-bond acceptors (Lipinski definition) is 5. The van der Waals surface area contributed by atoms with Crippen molar-refractivity contribution in [1.82, 2.24) is 0 Å². The molecule has 5 nitrogen and oxygen atoms in total. The fourth-order valence-corrected chi connectivity index (χ4v) is 3.50. The van der Waals surface area contributed by atoms with Crippen LogP contribution in [0.25, 0.3) is 0 Å². The molecule has 0 saturated carbocycles. The number of rotatable bonds is 16. The van der Waals surface area contributed by atoms with E-state index in [2.05, 4.69) is 13.8 Å². The minimum absolute atomic E-state index is 0.0161. The quantitative estimate of drug-likeness (QED) is 0.125. The van der Waals surface area contributed by atoms with Crippen molar-refractivity contribution < 1.29 is 24.1 Å². The second-order valence-electron chi connectivity index (χ2n) is 8.54. The number of esters is 1. The third kappa shape index (κ3) is 10.4. The molecule has 2 atom stereocenters. The molecule has 2 aromatic carbocycles. The molecule has 0 radical (unpaired) electrons. The van der Waals surface area contributed by atoms with E-state index in [1.54, 1.807) is 48.5 Å². The summed E-state index contributed by atoms with van der Waals surface area (Å²) < 4.78 is 16.9. The predicted molar refractivity (Wildman–Crippen MR) is 132 cm³/mol. The highest BCUT2D eigenvalue weighted by Crippen LogP contribution is 2.22. The van der Waals surface area contributed by atoms with Crippen LogP contribution in [0.3, 0.4) is 0 Å². The molecule has 182 valence electrons.